The average Bonchev–Trinajstić information content (AvgIpc) is 3.09. The highest BCUT2D eigenvalue weighted by atomic mass is 15.2. The molecule has 0 amide bonds. The smallest absolute Gasteiger partial charge is 0.0221 e. The maximum absolute atomic E-state index is 3.64. The highest BCUT2D eigenvalue weighted by Crippen LogP contribution is 2.30. The third-order valence-electron chi connectivity index (χ3n) is 3.94. The van der Waals surface area contributed by atoms with Gasteiger partial charge in [-0.1, -0.05) is 20.8 Å². The van der Waals surface area contributed by atoms with E-state index in [0.717, 1.165) is 18.5 Å². The van der Waals surface area contributed by atoms with E-state index in [-0.39, 0.29) is 0 Å². The Kier molecular flexibility index (Phi) is 6.50. The lowest BCUT2D eigenvalue weighted by Gasteiger charge is -2.34. The van der Waals surface area contributed by atoms with E-state index in [1.165, 1.54) is 32.2 Å². The number of rotatable bonds is 9. The molecule has 2 unspecified atom stereocenters. The molecule has 0 bridgehead atoms. The number of hydrogen-bond donors (Lipinski definition) is 1. The van der Waals surface area contributed by atoms with Crippen molar-refractivity contribution < 1.29 is 0 Å². The molecule has 1 aliphatic rings. The van der Waals surface area contributed by atoms with Crippen molar-refractivity contribution in [2.45, 2.75) is 78.4 Å². The third kappa shape index (κ3) is 5.39. The van der Waals surface area contributed by atoms with Crippen LogP contribution >= 0.6 is 0 Å². The van der Waals surface area contributed by atoms with Crippen molar-refractivity contribution in [1.82, 2.24) is 10.2 Å². The fraction of sp³-hybridized carbons (Fsp3) is 1.00. The van der Waals surface area contributed by atoms with E-state index in [1.807, 2.05) is 0 Å². The van der Waals surface area contributed by atoms with Crippen LogP contribution in [-0.2, 0) is 0 Å². The zero-order valence-corrected chi connectivity index (χ0v) is 12.5. The second kappa shape index (κ2) is 7.38. The highest BCUT2D eigenvalue weighted by molar-refractivity contribution is 4.90. The summed E-state index contributed by atoms with van der Waals surface area (Å²) in [6.45, 7) is 14.1. The molecule has 0 heterocycles. The summed E-state index contributed by atoms with van der Waals surface area (Å²) < 4.78 is 0. The van der Waals surface area contributed by atoms with E-state index in [9.17, 15) is 0 Å². The van der Waals surface area contributed by atoms with Gasteiger partial charge in [-0.15, -0.1) is 0 Å². The third-order valence-corrected chi connectivity index (χ3v) is 3.94. The van der Waals surface area contributed by atoms with E-state index in [1.54, 1.807) is 0 Å². The van der Waals surface area contributed by atoms with Crippen molar-refractivity contribution in [3.8, 4) is 0 Å². The molecule has 102 valence electrons. The minimum Gasteiger partial charge on any atom is -0.313 e. The Morgan fingerprint density at radius 1 is 1.18 bits per heavy atom. The van der Waals surface area contributed by atoms with Crippen molar-refractivity contribution >= 4 is 0 Å². The van der Waals surface area contributed by atoms with Gasteiger partial charge in [0.25, 0.3) is 0 Å². The van der Waals surface area contributed by atoms with Crippen LogP contribution in [0.15, 0.2) is 0 Å². The maximum atomic E-state index is 3.64. The van der Waals surface area contributed by atoms with E-state index in [2.05, 4.69) is 44.8 Å². The van der Waals surface area contributed by atoms with Crippen molar-refractivity contribution in [3.63, 3.8) is 0 Å². The Labute approximate surface area is 108 Å². The van der Waals surface area contributed by atoms with Crippen LogP contribution in [-0.4, -0.2) is 36.1 Å². The topological polar surface area (TPSA) is 15.3 Å². The Bertz CT molecular complexity index is 199. The molecular formula is C15H32N2. The van der Waals surface area contributed by atoms with Gasteiger partial charge in [-0.3, -0.25) is 4.90 Å². The quantitative estimate of drug-likeness (QED) is 0.665. The minimum atomic E-state index is 0.614. The fourth-order valence-electron chi connectivity index (χ4n) is 2.36. The molecule has 0 saturated heterocycles. The van der Waals surface area contributed by atoms with Gasteiger partial charge >= 0.3 is 0 Å². The van der Waals surface area contributed by atoms with Gasteiger partial charge < -0.3 is 5.32 Å². The number of nitrogens with zero attached hydrogens (tertiary/aromatic N) is 1. The van der Waals surface area contributed by atoms with Crippen LogP contribution in [0.4, 0.5) is 0 Å². The summed E-state index contributed by atoms with van der Waals surface area (Å²) >= 11 is 0. The molecule has 0 aliphatic heterocycles. The van der Waals surface area contributed by atoms with Crippen LogP contribution in [0.25, 0.3) is 0 Å². The van der Waals surface area contributed by atoms with Crippen molar-refractivity contribution in [2.24, 2.45) is 5.92 Å². The van der Waals surface area contributed by atoms with Gasteiger partial charge in [-0.2, -0.15) is 0 Å². The predicted molar refractivity (Wildman–Crippen MR) is 76.4 cm³/mol. The van der Waals surface area contributed by atoms with Gasteiger partial charge in [0.05, 0.1) is 0 Å². The van der Waals surface area contributed by atoms with Gasteiger partial charge in [0, 0.05) is 18.1 Å². The number of nitrogens with one attached hydrogen (secondary N) is 1. The van der Waals surface area contributed by atoms with Crippen LogP contribution in [0.1, 0.15) is 60.3 Å². The Balaban J connectivity index is 2.39. The van der Waals surface area contributed by atoms with Crippen molar-refractivity contribution in [3.05, 3.63) is 0 Å². The molecule has 2 heteroatoms. The first-order valence-corrected chi connectivity index (χ1v) is 7.55. The first kappa shape index (κ1) is 15.0. The summed E-state index contributed by atoms with van der Waals surface area (Å²) in [6.07, 6.45) is 5.40. The highest BCUT2D eigenvalue weighted by Gasteiger charge is 2.33. The molecule has 1 saturated carbocycles. The molecule has 0 aromatic heterocycles. The average molecular weight is 240 g/mol. The molecule has 1 aliphatic carbocycles. The Morgan fingerprint density at radius 3 is 2.29 bits per heavy atom. The van der Waals surface area contributed by atoms with Gasteiger partial charge in [-0.25, -0.2) is 0 Å². The van der Waals surface area contributed by atoms with Crippen molar-refractivity contribution in [1.29, 1.82) is 0 Å². The largest absolute Gasteiger partial charge is 0.313 e. The monoisotopic (exact) mass is 240 g/mol. The summed E-state index contributed by atoms with van der Waals surface area (Å²) in [4.78, 5) is 2.74. The lowest BCUT2D eigenvalue weighted by Crippen LogP contribution is -2.48. The number of hydrogen-bond acceptors (Lipinski definition) is 2. The SMILES string of the molecule is CCCNC(C)C(C)N(CCC(C)C)C1CC1. The van der Waals surface area contributed by atoms with E-state index < -0.39 is 0 Å². The zero-order valence-electron chi connectivity index (χ0n) is 12.5. The fourth-order valence-corrected chi connectivity index (χ4v) is 2.36. The first-order chi connectivity index (χ1) is 8.06. The molecule has 0 radical (unpaired) electrons. The molecule has 2 nitrogen and oxygen atoms in total. The van der Waals surface area contributed by atoms with Crippen LogP contribution in [0, 0.1) is 5.92 Å². The molecule has 1 fully saturated rings. The van der Waals surface area contributed by atoms with Gasteiger partial charge in [0.1, 0.15) is 0 Å². The first-order valence-electron chi connectivity index (χ1n) is 7.55. The van der Waals surface area contributed by atoms with E-state index in [0.29, 0.717) is 12.1 Å². The van der Waals surface area contributed by atoms with Gasteiger partial charge in [-0.05, 0) is 58.5 Å². The van der Waals surface area contributed by atoms with Gasteiger partial charge in [0.2, 0.25) is 0 Å². The minimum absolute atomic E-state index is 0.614. The molecule has 2 atom stereocenters. The standard InChI is InChI=1S/C15H32N2/c1-6-10-16-13(4)14(5)17(15-7-8-15)11-9-12(2)3/h12-16H,6-11H2,1-5H3. The van der Waals surface area contributed by atoms with Crippen LogP contribution < -0.4 is 5.32 Å². The maximum Gasteiger partial charge on any atom is 0.0221 e. The van der Waals surface area contributed by atoms with Crippen molar-refractivity contribution in [2.75, 3.05) is 13.1 Å². The molecule has 1 N–H and O–H groups in total. The lowest BCUT2D eigenvalue weighted by molar-refractivity contribution is 0.157. The van der Waals surface area contributed by atoms with E-state index in [4.69, 9.17) is 0 Å². The van der Waals surface area contributed by atoms with Crippen LogP contribution in [0.5, 0.6) is 0 Å². The van der Waals surface area contributed by atoms with Crippen LogP contribution in [0.2, 0.25) is 0 Å². The Morgan fingerprint density at radius 2 is 1.82 bits per heavy atom. The Hall–Kier alpha value is -0.0800. The van der Waals surface area contributed by atoms with E-state index >= 15 is 0 Å². The second-order valence-corrected chi connectivity index (χ2v) is 6.13. The summed E-state index contributed by atoms with van der Waals surface area (Å²) in [6, 6.07) is 2.17. The molecule has 0 spiro atoms. The summed E-state index contributed by atoms with van der Waals surface area (Å²) in [5.41, 5.74) is 0. The molecule has 0 aromatic carbocycles. The second-order valence-electron chi connectivity index (χ2n) is 6.13. The molecule has 17 heavy (non-hydrogen) atoms. The van der Waals surface area contributed by atoms with Crippen LogP contribution in [0.3, 0.4) is 0 Å². The molecular weight excluding hydrogens is 208 g/mol. The molecule has 0 aromatic rings. The summed E-state index contributed by atoms with van der Waals surface area (Å²) in [7, 11) is 0. The lowest BCUT2D eigenvalue weighted by atomic mass is 10.1. The summed E-state index contributed by atoms with van der Waals surface area (Å²) in [5.74, 6) is 0.822. The summed E-state index contributed by atoms with van der Waals surface area (Å²) in [5, 5.41) is 3.64. The zero-order chi connectivity index (χ0) is 12.8. The predicted octanol–water partition coefficient (Wildman–Crippen LogP) is 3.27. The molecule has 1 rings (SSSR count). The van der Waals surface area contributed by atoms with Gasteiger partial charge in [0.15, 0.2) is 0 Å². The normalized spacial score (nSPS) is 19.9.